The van der Waals surface area contributed by atoms with Crippen molar-refractivity contribution in [3.8, 4) is 0 Å². The molecule has 0 aromatic carbocycles. The van der Waals surface area contributed by atoms with Crippen LogP contribution >= 0.6 is 0 Å². The molecule has 2 fully saturated rings. The third-order valence-corrected chi connectivity index (χ3v) is 4.16. The van der Waals surface area contributed by atoms with Gasteiger partial charge in [0, 0.05) is 65.2 Å². The summed E-state index contributed by atoms with van der Waals surface area (Å²) in [7, 11) is 0. The summed E-state index contributed by atoms with van der Waals surface area (Å²) in [5.74, 6) is 0.542. The Morgan fingerprint density at radius 3 is 1.75 bits per heavy atom. The van der Waals surface area contributed by atoms with Crippen LogP contribution in [-0.2, 0) is 9.59 Å². The Morgan fingerprint density at radius 1 is 0.900 bits per heavy atom. The fourth-order valence-corrected chi connectivity index (χ4v) is 2.92. The van der Waals surface area contributed by atoms with Crippen molar-refractivity contribution in [1.82, 2.24) is 14.7 Å². The lowest BCUT2D eigenvalue weighted by Crippen LogP contribution is -2.42. The summed E-state index contributed by atoms with van der Waals surface area (Å²) in [5, 5.41) is 0. The predicted molar refractivity (Wildman–Crippen MR) is 77.1 cm³/mol. The zero-order valence-corrected chi connectivity index (χ0v) is 12.2. The van der Waals surface area contributed by atoms with E-state index >= 15 is 0 Å². The number of nitrogens with zero attached hydrogens (tertiary/aromatic N) is 3. The zero-order valence-electron chi connectivity index (χ0n) is 12.2. The molecule has 0 unspecified atom stereocenters. The van der Waals surface area contributed by atoms with Crippen LogP contribution < -0.4 is 5.73 Å². The van der Waals surface area contributed by atoms with Gasteiger partial charge in [0.05, 0.1) is 0 Å². The highest BCUT2D eigenvalue weighted by molar-refractivity contribution is 5.78. The van der Waals surface area contributed by atoms with Gasteiger partial charge in [-0.3, -0.25) is 14.5 Å². The quantitative estimate of drug-likeness (QED) is 0.651. The first kappa shape index (κ1) is 15.3. The average molecular weight is 282 g/mol. The summed E-state index contributed by atoms with van der Waals surface area (Å²) in [5.41, 5.74) is 5.65. The van der Waals surface area contributed by atoms with E-state index in [4.69, 9.17) is 5.73 Å². The van der Waals surface area contributed by atoms with E-state index in [2.05, 4.69) is 4.90 Å². The van der Waals surface area contributed by atoms with Crippen molar-refractivity contribution in [2.24, 2.45) is 5.73 Å². The van der Waals surface area contributed by atoms with Gasteiger partial charge in [-0.25, -0.2) is 0 Å². The SMILES string of the molecule is NCCN(CCN1CCCC1=O)CCN1CCCC1=O. The van der Waals surface area contributed by atoms with Gasteiger partial charge in [0.2, 0.25) is 11.8 Å². The van der Waals surface area contributed by atoms with E-state index < -0.39 is 0 Å². The highest BCUT2D eigenvalue weighted by Gasteiger charge is 2.22. The smallest absolute Gasteiger partial charge is 0.222 e. The Bertz CT molecular complexity index is 318. The minimum atomic E-state index is 0.271. The van der Waals surface area contributed by atoms with Crippen molar-refractivity contribution in [3.63, 3.8) is 0 Å². The molecule has 2 heterocycles. The van der Waals surface area contributed by atoms with Crippen LogP contribution in [-0.4, -0.2) is 78.9 Å². The van der Waals surface area contributed by atoms with Gasteiger partial charge in [-0.2, -0.15) is 0 Å². The molecule has 0 aliphatic carbocycles. The molecule has 6 nitrogen and oxygen atoms in total. The zero-order chi connectivity index (χ0) is 14.4. The Kier molecular flexibility index (Phi) is 5.79. The maximum Gasteiger partial charge on any atom is 0.222 e. The van der Waals surface area contributed by atoms with Crippen molar-refractivity contribution in [2.45, 2.75) is 25.7 Å². The third-order valence-electron chi connectivity index (χ3n) is 4.16. The molecule has 0 radical (unpaired) electrons. The number of carbonyl (C=O) groups excluding carboxylic acids is 2. The molecule has 20 heavy (non-hydrogen) atoms. The summed E-state index contributed by atoms with van der Waals surface area (Å²) in [6.07, 6.45) is 3.36. The Morgan fingerprint density at radius 2 is 1.40 bits per heavy atom. The predicted octanol–water partition coefficient (Wildman–Crippen LogP) is -0.508. The molecular weight excluding hydrogens is 256 g/mol. The van der Waals surface area contributed by atoms with Gasteiger partial charge in [-0.05, 0) is 12.8 Å². The number of amides is 2. The molecule has 0 bridgehead atoms. The van der Waals surface area contributed by atoms with Gasteiger partial charge in [0.15, 0.2) is 0 Å². The summed E-state index contributed by atoms with van der Waals surface area (Å²) in [6, 6.07) is 0. The Hall–Kier alpha value is -1.14. The second kappa shape index (κ2) is 7.59. The molecule has 0 aromatic rings. The van der Waals surface area contributed by atoms with Crippen molar-refractivity contribution in [3.05, 3.63) is 0 Å². The first-order chi connectivity index (χ1) is 9.70. The van der Waals surface area contributed by atoms with Crippen LogP contribution in [0.4, 0.5) is 0 Å². The third kappa shape index (κ3) is 4.18. The Labute approximate surface area is 120 Å². The first-order valence-corrected chi connectivity index (χ1v) is 7.68. The van der Waals surface area contributed by atoms with Crippen molar-refractivity contribution < 1.29 is 9.59 Å². The lowest BCUT2D eigenvalue weighted by molar-refractivity contribution is -0.128. The number of nitrogens with two attached hydrogens (primary N) is 1. The lowest BCUT2D eigenvalue weighted by Gasteiger charge is -2.27. The van der Waals surface area contributed by atoms with Gasteiger partial charge >= 0.3 is 0 Å². The van der Waals surface area contributed by atoms with Crippen LogP contribution in [0.1, 0.15) is 25.7 Å². The van der Waals surface area contributed by atoms with E-state index in [0.29, 0.717) is 19.4 Å². The maximum absolute atomic E-state index is 11.6. The first-order valence-electron chi connectivity index (χ1n) is 7.68. The monoisotopic (exact) mass is 282 g/mol. The number of hydrogen-bond acceptors (Lipinski definition) is 4. The Balaban J connectivity index is 1.71. The summed E-state index contributed by atoms with van der Waals surface area (Å²) in [4.78, 5) is 29.3. The van der Waals surface area contributed by atoms with Crippen LogP contribution in [0.25, 0.3) is 0 Å². The van der Waals surface area contributed by atoms with E-state index in [0.717, 1.165) is 58.7 Å². The van der Waals surface area contributed by atoms with Gasteiger partial charge in [0.25, 0.3) is 0 Å². The van der Waals surface area contributed by atoms with Crippen molar-refractivity contribution >= 4 is 11.8 Å². The van der Waals surface area contributed by atoms with Crippen molar-refractivity contribution in [1.29, 1.82) is 0 Å². The molecule has 2 aliphatic heterocycles. The topological polar surface area (TPSA) is 69.9 Å². The molecule has 2 saturated heterocycles. The summed E-state index contributed by atoms with van der Waals surface area (Å²) in [6.45, 7) is 6.49. The number of likely N-dealkylation sites (tertiary alicyclic amines) is 2. The fraction of sp³-hybridized carbons (Fsp3) is 0.857. The van der Waals surface area contributed by atoms with E-state index in [-0.39, 0.29) is 11.8 Å². The second-order valence-corrected chi connectivity index (χ2v) is 5.60. The van der Waals surface area contributed by atoms with Crippen LogP contribution in [0.3, 0.4) is 0 Å². The van der Waals surface area contributed by atoms with Crippen LogP contribution in [0, 0.1) is 0 Å². The summed E-state index contributed by atoms with van der Waals surface area (Å²) < 4.78 is 0. The molecule has 0 atom stereocenters. The van der Waals surface area contributed by atoms with Crippen LogP contribution in [0.5, 0.6) is 0 Å². The highest BCUT2D eigenvalue weighted by Crippen LogP contribution is 2.10. The van der Waals surface area contributed by atoms with E-state index in [1.807, 2.05) is 9.80 Å². The van der Waals surface area contributed by atoms with Gasteiger partial charge in [-0.15, -0.1) is 0 Å². The maximum atomic E-state index is 11.6. The molecule has 2 rings (SSSR count). The van der Waals surface area contributed by atoms with Crippen molar-refractivity contribution in [2.75, 3.05) is 52.4 Å². The van der Waals surface area contributed by atoms with E-state index in [1.54, 1.807) is 0 Å². The largest absolute Gasteiger partial charge is 0.341 e. The van der Waals surface area contributed by atoms with Gasteiger partial charge in [0.1, 0.15) is 0 Å². The number of hydrogen-bond donors (Lipinski definition) is 1. The molecule has 114 valence electrons. The normalized spacial score (nSPS) is 19.7. The molecule has 0 saturated carbocycles. The van der Waals surface area contributed by atoms with E-state index in [9.17, 15) is 9.59 Å². The molecule has 0 aromatic heterocycles. The lowest BCUT2D eigenvalue weighted by atomic mass is 10.4. The van der Waals surface area contributed by atoms with Crippen LogP contribution in [0.15, 0.2) is 0 Å². The van der Waals surface area contributed by atoms with Gasteiger partial charge in [-0.1, -0.05) is 0 Å². The molecule has 2 N–H and O–H groups in total. The second-order valence-electron chi connectivity index (χ2n) is 5.60. The van der Waals surface area contributed by atoms with Gasteiger partial charge < -0.3 is 15.5 Å². The van der Waals surface area contributed by atoms with E-state index in [1.165, 1.54) is 0 Å². The molecule has 2 aliphatic rings. The average Bonchev–Trinajstić information content (AvgIpc) is 3.02. The molecule has 2 amide bonds. The molecule has 0 spiro atoms. The molecule has 6 heteroatoms. The van der Waals surface area contributed by atoms with Crippen LogP contribution in [0.2, 0.25) is 0 Å². The minimum Gasteiger partial charge on any atom is -0.341 e. The standard InChI is InChI=1S/C14H26N4O2/c15-5-8-16(9-11-17-6-1-3-13(17)19)10-12-18-7-2-4-14(18)20/h1-12,15H2. The minimum absolute atomic E-state index is 0.271. The number of carbonyl (C=O) groups is 2. The highest BCUT2D eigenvalue weighted by atomic mass is 16.2. The fourth-order valence-electron chi connectivity index (χ4n) is 2.92. The summed E-state index contributed by atoms with van der Waals surface area (Å²) >= 11 is 0. The number of rotatable bonds is 8. The molecular formula is C14H26N4O2.